The molecular formula is C17H17N5O5S. The number of sulfonamides is 1. The molecule has 3 aromatic rings. The van der Waals surface area contributed by atoms with Crippen molar-refractivity contribution in [2.45, 2.75) is 4.90 Å². The monoisotopic (exact) mass is 403 g/mol. The van der Waals surface area contributed by atoms with E-state index < -0.39 is 27.2 Å². The Morgan fingerprint density at radius 2 is 1.82 bits per heavy atom. The van der Waals surface area contributed by atoms with Gasteiger partial charge in [0.25, 0.3) is 11.5 Å². The second-order valence-corrected chi connectivity index (χ2v) is 7.88. The van der Waals surface area contributed by atoms with Crippen LogP contribution >= 0.6 is 0 Å². The van der Waals surface area contributed by atoms with Crippen LogP contribution < -0.4 is 21.3 Å². The van der Waals surface area contributed by atoms with Gasteiger partial charge in [0.1, 0.15) is 5.65 Å². The van der Waals surface area contributed by atoms with Crippen LogP contribution in [0.15, 0.2) is 51.0 Å². The number of aryl methyl sites for hydroxylation is 1. The molecule has 11 heteroatoms. The Morgan fingerprint density at radius 3 is 2.50 bits per heavy atom. The van der Waals surface area contributed by atoms with Gasteiger partial charge in [-0.2, -0.15) is 0 Å². The second-order valence-electron chi connectivity index (χ2n) is 5.99. The number of fused-ring (bicyclic) bond motifs is 1. The predicted molar refractivity (Wildman–Crippen MR) is 103 cm³/mol. The zero-order valence-electron chi connectivity index (χ0n) is 15.3. The number of nitrogens with one attached hydrogen (secondary N) is 2. The lowest BCUT2D eigenvalue weighted by Crippen LogP contribution is -2.37. The Hall–Kier alpha value is -3.31. The summed E-state index contributed by atoms with van der Waals surface area (Å²) in [6.45, 7) is 0. The molecule has 2 aromatic heterocycles. The first-order valence-corrected chi connectivity index (χ1v) is 9.55. The van der Waals surface area contributed by atoms with E-state index in [-0.39, 0.29) is 27.2 Å². The maximum Gasteiger partial charge on any atom is 0.332 e. The normalized spacial score (nSPS) is 11.5. The number of rotatable bonds is 4. The van der Waals surface area contributed by atoms with Crippen LogP contribution in [0.2, 0.25) is 0 Å². The molecule has 2 N–H and O–H groups in total. The van der Waals surface area contributed by atoms with E-state index in [1.54, 1.807) is 0 Å². The molecule has 0 aliphatic heterocycles. The zero-order chi connectivity index (χ0) is 20.6. The fourth-order valence-electron chi connectivity index (χ4n) is 2.65. The summed E-state index contributed by atoms with van der Waals surface area (Å²) >= 11 is 0. The highest BCUT2D eigenvalue weighted by Crippen LogP contribution is 2.16. The van der Waals surface area contributed by atoms with Crippen LogP contribution in [0.4, 0.5) is 5.69 Å². The van der Waals surface area contributed by atoms with Crippen molar-refractivity contribution in [1.29, 1.82) is 0 Å². The summed E-state index contributed by atoms with van der Waals surface area (Å²) in [6.07, 6.45) is 1.24. The van der Waals surface area contributed by atoms with E-state index in [4.69, 9.17) is 0 Å². The molecule has 0 saturated carbocycles. The number of anilines is 1. The first-order valence-electron chi connectivity index (χ1n) is 8.06. The Bertz CT molecular complexity index is 1320. The highest BCUT2D eigenvalue weighted by molar-refractivity contribution is 7.89. The summed E-state index contributed by atoms with van der Waals surface area (Å²) in [7, 11) is 0.442. The van der Waals surface area contributed by atoms with Crippen LogP contribution in [0.3, 0.4) is 0 Å². The predicted octanol–water partition coefficient (Wildman–Crippen LogP) is -0.207. The number of amides is 1. The van der Waals surface area contributed by atoms with Crippen molar-refractivity contribution in [3.8, 4) is 0 Å². The summed E-state index contributed by atoms with van der Waals surface area (Å²) in [5.41, 5.74) is -0.584. The fourth-order valence-corrected chi connectivity index (χ4v) is 3.43. The number of hydrogen-bond donors (Lipinski definition) is 2. The summed E-state index contributed by atoms with van der Waals surface area (Å²) in [6, 6.07) is 7.06. The van der Waals surface area contributed by atoms with E-state index in [1.807, 2.05) is 0 Å². The van der Waals surface area contributed by atoms with Crippen molar-refractivity contribution >= 4 is 32.7 Å². The highest BCUT2D eigenvalue weighted by Gasteiger charge is 2.15. The number of aromatic nitrogens is 3. The molecular weight excluding hydrogens is 386 g/mol. The standard InChI is InChI=1S/C17H17N5O5S/c1-18-28(26,27)12-6-4-5-11(8-12)20-15(23)10-7-13-14(19-9-10)21(2)17(25)22(3)16(13)24/h4-9,18H,1-3H3,(H,20,23). The molecule has 2 heterocycles. The third kappa shape index (κ3) is 3.32. The van der Waals surface area contributed by atoms with E-state index in [9.17, 15) is 22.8 Å². The molecule has 0 saturated heterocycles. The van der Waals surface area contributed by atoms with Crippen molar-refractivity contribution in [2.24, 2.45) is 14.1 Å². The Morgan fingerprint density at radius 1 is 1.11 bits per heavy atom. The van der Waals surface area contributed by atoms with E-state index in [2.05, 4.69) is 15.0 Å². The summed E-state index contributed by atoms with van der Waals surface area (Å²) in [4.78, 5) is 40.9. The molecule has 1 aromatic carbocycles. The summed E-state index contributed by atoms with van der Waals surface area (Å²) in [5, 5.41) is 2.69. The quantitative estimate of drug-likeness (QED) is 0.620. The van der Waals surface area contributed by atoms with Crippen LogP contribution in [0, 0.1) is 0 Å². The smallest absolute Gasteiger partial charge is 0.322 e. The number of carbonyl (C=O) groups is 1. The van der Waals surface area contributed by atoms with Gasteiger partial charge in [-0.15, -0.1) is 0 Å². The van der Waals surface area contributed by atoms with Gasteiger partial charge >= 0.3 is 5.69 Å². The Kier molecular flexibility index (Phi) is 4.87. The number of carbonyl (C=O) groups excluding carboxylic acids is 1. The van der Waals surface area contributed by atoms with E-state index in [0.29, 0.717) is 0 Å². The number of benzene rings is 1. The molecule has 10 nitrogen and oxygen atoms in total. The van der Waals surface area contributed by atoms with Crippen molar-refractivity contribution in [3.05, 3.63) is 62.9 Å². The first kappa shape index (κ1) is 19.5. The van der Waals surface area contributed by atoms with Crippen LogP contribution in [0.1, 0.15) is 10.4 Å². The highest BCUT2D eigenvalue weighted by atomic mass is 32.2. The van der Waals surface area contributed by atoms with Crippen LogP contribution in [-0.2, 0) is 24.1 Å². The fraction of sp³-hybridized carbons (Fsp3) is 0.176. The molecule has 0 atom stereocenters. The van der Waals surface area contributed by atoms with Gasteiger partial charge in [-0.1, -0.05) is 6.07 Å². The maximum atomic E-state index is 12.5. The van der Waals surface area contributed by atoms with E-state index >= 15 is 0 Å². The minimum Gasteiger partial charge on any atom is -0.322 e. The van der Waals surface area contributed by atoms with Gasteiger partial charge in [0.05, 0.1) is 15.8 Å². The second kappa shape index (κ2) is 7.02. The van der Waals surface area contributed by atoms with Crippen molar-refractivity contribution in [3.63, 3.8) is 0 Å². The summed E-state index contributed by atoms with van der Waals surface area (Å²) < 4.78 is 28.1. The molecule has 0 fully saturated rings. The minimum absolute atomic E-state index is 0.00620. The first-order chi connectivity index (χ1) is 13.2. The van der Waals surface area contributed by atoms with Gasteiger partial charge in [0, 0.05) is 26.0 Å². The van der Waals surface area contributed by atoms with Crippen LogP contribution in [-0.4, -0.2) is 35.5 Å². The Balaban J connectivity index is 2.00. The van der Waals surface area contributed by atoms with Crippen LogP contribution in [0.25, 0.3) is 11.0 Å². The molecule has 0 aliphatic carbocycles. The van der Waals surface area contributed by atoms with Gasteiger partial charge in [0.15, 0.2) is 0 Å². The topological polar surface area (TPSA) is 132 Å². The molecule has 0 unspecified atom stereocenters. The minimum atomic E-state index is -3.66. The number of nitrogens with zero attached hydrogens (tertiary/aromatic N) is 3. The third-order valence-corrected chi connectivity index (χ3v) is 5.64. The summed E-state index contributed by atoms with van der Waals surface area (Å²) in [5.74, 6) is -0.579. The molecule has 1 amide bonds. The average molecular weight is 403 g/mol. The average Bonchev–Trinajstić information content (AvgIpc) is 2.70. The maximum absolute atomic E-state index is 12.5. The molecule has 28 heavy (non-hydrogen) atoms. The van der Waals surface area contributed by atoms with Gasteiger partial charge in [-0.3, -0.25) is 18.7 Å². The zero-order valence-corrected chi connectivity index (χ0v) is 16.1. The lowest BCUT2D eigenvalue weighted by atomic mass is 10.2. The lowest BCUT2D eigenvalue weighted by Gasteiger charge is -2.10. The van der Waals surface area contributed by atoms with Crippen LogP contribution in [0.5, 0.6) is 0 Å². The van der Waals surface area contributed by atoms with Crippen molar-refractivity contribution in [1.82, 2.24) is 18.8 Å². The Labute approximate surface area is 159 Å². The van der Waals surface area contributed by atoms with E-state index in [1.165, 1.54) is 62.2 Å². The number of hydrogen-bond acceptors (Lipinski definition) is 6. The SMILES string of the molecule is CNS(=O)(=O)c1cccc(NC(=O)c2cnc3c(c2)c(=O)n(C)c(=O)n3C)c1. The molecule has 0 radical (unpaired) electrons. The third-order valence-electron chi connectivity index (χ3n) is 4.23. The largest absolute Gasteiger partial charge is 0.332 e. The number of pyridine rings is 1. The van der Waals surface area contributed by atoms with Gasteiger partial charge < -0.3 is 5.32 Å². The molecule has 0 bridgehead atoms. The van der Waals surface area contributed by atoms with Crippen molar-refractivity contribution < 1.29 is 13.2 Å². The van der Waals surface area contributed by atoms with Gasteiger partial charge in [-0.05, 0) is 31.3 Å². The van der Waals surface area contributed by atoms with E-state index in [0.717, 1.165) is 4.57 Å². The molecule has 0 spiro atoms. The molecule has 3 rings (SSSR count). The lowest BCUT2D eigenvalue weighted by molar-refractivity contribution is 0.102. The molecule has 0 aliphatic rings. The van der Waals surface area contributed by atoms with Gasteiger partial charge in [-0.25, -0.2) is 22.9 Å². The van der Waals surface area contributed by atoms with Crippen molar-refractivity contribution in [2.75, 3.05) is 12.4 Å². The van der Waals surface area contributed by atoms with Gasteiger partial charge in [0.2, 0.25) is 10.0 Å². The molecule has 146 valence electrons.